The fraction of sp³-hybridized carbons (Fsp3) is 0.480. The number of carbonyl (C=O) groups excluding carboxylic acids is 1. The molecule has 31 heavy (non-hydrogen) atoms. The van der Waals surface area contributed by atoms with Gasteiger partial charge in [0.05, 0.1) is 0 Å². The van der Waals surface area contributed by atoms with E-state index in [4.69, 9.17) is 0 Å². The van der Waals surface area contributed by atoms with E-state index in [1.165, 1.54) is 22.4 Å². The summed E-state index contributed by atoms with van der Waals surface area (Å²) in [4.78, 5) is 18.7. The minimum absolute atomic E-state index is 0.0747. The number of amides is 2. The third-order valence-corrected chi connectivity index (χ3v) is 7.15. The highest BCUT2D eigenvalue weighted by molar-refractivity contribution is 5.76. The third-order valence-electron chi connectivity index (χ3n) is 7.15. The largest absolute Gasteiger partial charge is 0.367 e. The number of nitrogens with one attached hydrogen (secondary N) is 1. The molecule has 0 saturated carbocycles. The maximum absolute atomic E-state index is 13.5. The fourth-order valence-electron chi connectivity index (χ4n) is 5.38. The minimum atomic E-state index is -0.179. The molecule has 6 heteroatoms. The van der Waals surface area contributed by atoms with Crippen LogP contribution in [0.15, 0.2) is 42.5 Å². The first kappa shape index (κ1) is 20.3. The predicted molar refractivity (Wildman–Crippen MR) is 121 cm³/mol. The zero-order valence-electron chi connectivity index (χ0n) is 18.2. The van der Waals surface area contributed by atoms with Crippen LogP contribution in [-0.2, 0) is 0 Å². The molecule has 2 aromatic rings. The summed E-state index contributed by atoms with van der Waals surface area (Å²) in [6.45, 7) is 8.60. The molecule has 3 heterocycles. The highest BCUT2D eigenvalue weighted by Crippen LogP contribution is 2.43. The molecule has 2 amide bonds. The van der Waals surface area contributed by atoms with Gasteiger partial charge in [-0.2, -0.15) is 0 Å². The number of benzene rings is 2. The van der Waals surface area contributed by atoms with Crippen molar-refractivity contribution in [2.75, 3.05) is 50.7 Å². The molecular weight excluding hydrogens is 391 g/mol. The van der Waals surface area contributed by atoms with Gasteiger partial charge >= 0.3 is 6.03 Å². The smallest absolute Gasteiger partial charge is 0.317 e. The van der Waals surface area contributed by atoms with Crippen molar-refractivity contribution in [3.05, 3.63) is 65.0 Å². The molecule has 5 nitrogen and oxygen atoms in total. The summed E-state index contributed by atoms with van der Waals surface area (Å²) in [5.41, 5.74) is 5.17. The number of hydrogen-bond acceptors (Lipinski definition) is 3. The zero-order chi connectivity index (χ0) is 21.4. The molecule has 0 unspecified atom stereocenters. The standard InChI is InChI=1S/C25H31FN4O/c1-18-2-7-24-22(16-18)23(19-3-5-20(26)6-4-19)17-30(24)21-8-11-28(12-9-21)14-15-29-13-10-27-25(29)31/h2-7,16,21,23H,8-15,17H2,1H3,(H,27,31)/t23-/m1/s1. The maximum atomic E-state index is 13.5. The van der Waals surface area contributed by atoms with Crippen LogP contribution < -0.4 is 10.2 Å². The van der Waals surface area contributed by atoms with E-state index in [9.17, 15) is 9.18 Å². The topological polar surface area (TPSA) is 38.8 Å². The molecular formula is C25H31FN4O. The number of piperidine rings is 1. The van der Waals surface area contributed by atoms with Gasteiger partial charge in [0.25, 0.3) is 0 Å². The molecule has 5 rings (SSSR count). The average molecular weight is 423 g/mol. The summed E-state index contributed by atoms with van der Waals surface area (Å²) in [5.74, 6) is 0.115. The van der Waals surface area contributed by atoms with Crippen LogP contribution in [0.3, 0.4) is 0 Å². The number of fused-ring (bicyclic) bond motifs is 1. The van der Waals surface area contributed by atoms with Crippen molar-refractivity contribution in [1.29, 1.82) is 0 Å². The Labute approximate surface area is 183 Å². The number of carbonyl (C=O) groups is 1. The molecule has 3 aliphatic heterocycles. The van der Waals surface area contributed by atoms with Gasteiger partial charge in [0.1, 0.15) is 5.82 Å². The molecule has 1 atom stereocenters. The van der Waals surface area contributed by atoms with Crippen LogP contribution in [0.5, 0.6) is 0 Å². The Morgan fingerprint density at radius 1 is 1.03 bits per heavy atom. The first-order valence-electron chi connectivity index (χ1n) is 11.5. The second-order valence-corrected chi connectivity index (χ2v) is 9.11. The second kappa shape index (κ2) is 8.50. The number of anilines is 1. The Kier molecular flexibility index (Phi) is 5.57. The summed E-state index contributed by atoms with van der Waals surface area (Å²) in [5, 5.41) is 2.88. The van der Waals surface area contributed by atoms with Gasteiger partial charge in [0.2, 0.25) is 0 Å². The van der Waals surface area contributed by atoms with Crippen molar-refractivity contribution in [3.8, 4) is 0 Å². The lowest BCUT2D eigenvalue weighted by atomic mass is 9.92. The van der Waals surface area contributed by atoms with Crippen molar-refractivity contribution in [2.45, 2.75) is 31.7 Å². The lowest BCUT2D eigenvalue weighted by Crippen LogP contribution is -2.46. The average Bonchev–Trinajstić information content (AvgIpc) is 3.36. The first-order chi connectivity index (χ1) is 15.1. The Morgan fingerprint density at radius 2 is 1.81 bits per heavy atom. The second-order valence-electron chi connectivity index (χ2n) is 9.11. The number of likely N-dealkylation sites (tertiary alicyclic amines) is 1. The minimum Gasteiger partial charge on any atom is -0.367 e. The fourth-order valence-corrected chi connectivity index (χ4v) is 5.38. The normalized spacial score (nSPS) is 22.1. The van der Waals surface area contributed by atoms with Crippen LogP contribution in [0.2, 0.25) is 0 Å². The van der Waals surface area contributed by atoms with E-state index in [1.807, 2.05) is 17.0 Å². The van der Waals surface area contributed by atoms with E-state index >= 15 is 0 Å². The van der Waals surface area contributed by atoms with Crippen molar-refractivity contribution < 1.29 is 9.18 Å². The third kappa shape index (κ3) is 4.13. The SMILES string of the molecule is Cc1ccc2c(c1)[C@@H](c1ccc(F)cc1)CN2C1CCN(CCN2CCNC2=O)CC1. The van der Waals surface area contributed by atoms with Gasteiger partial charge in [0, 0.05) is 63.5 Å². The van der Waals surface area contributed by atoms with E-state index in [-0.39, 0.29) is 11.8 Å². The van der Waals surface area contributed by atoms with E-state index < -0.39 is 0 Å². The molecule has 1 N–H and O–H groups in total. The summed E-state index contributed by atoms with van der Waals surface area (Å²) in [6, 6.07) is 14.4. The molecule has 3 aliphatic rings. The molecule has 164 valence electrons. The number of rotatable bonds is 5. The highest BCUT2D eigenvalue weighted by atomic mass is 19.1. The summed E-state index contributed by atoms with van der Waals surface area (Å²) < 4.78 is 13.5. The number of halogens is 1. The van der Waals surface area contributed by atoms with E-state index in [1.54, 1.807) is 12.1 Å². The zero-order valence-corrected chi connectivity index (χ0v) is 18.2. The molecule has 2 saturated heterocycles. The maximum Gasteiger partial charge on any atom is 0.317 e. The molecule has 2 aromatic carbocycles. The van der Waals surface area contributed by atoms with Crippen LogP contribution in [-0.4, -0.2) is 67.7 Å². The molecule has 0 aliphatic carbocycles. The first-order valence-corrected chi connectivity index (χ1v) is 11.5. The summed E-state index contributed by atoms with van der Waals surface area (Å²) >= 11 is 0. The van der Waals surface area contributed by atoms with Gasteiger partial charge in [-0.25, -0.2) is 9.18 Å². The molecule has 2 fully saturated rings. The van der Waals surface area contributed by atoms with Gasteiger partial charge in [-0.15, -0.1) is 0 Å². The predicted octanol–water partition coefficient (Wildman–Crippen LogP) is 3.58. The van der Waals surface area contributed by atoms with Crippen molar-refractivity contribution in [3.63, 3.8) is 0 Å². The number of hydrogen-bond donors (Lipinski definition) is 1. The van der Waals surface area contributed by atoms with Crippen LogP contribution >= 0.6 is 0 Å². The van der Waals surface area contributed by atoms with Gasteiger partial charge in [-0.05, 0) is 49.1 Å². The van der Waals surface area contributed by atoms with Crippen molar-refractivity contribution >= 4 is 11.7 Å². The molecule has 0 spiro atoms. The number of aryl methyl sites for hydroxylation is 1. The van der Waals surface area contributed by atoms with Crippen LogP contribution in [0.1, 0.15) is 35.4 Å². The lowest BCUT2D eigenvalue weighted by Gasteiger charge is -2.38. The Bertz CT molecular complexity index is 939. The molecule has 0 aromatic heterocycles. The monoisotopic (exact) mass is 422 g/mol. The van der Waals surface area contributed by atoms with Gasteiger partial charge in [-0.3, -0.25) is 0 Å². The number of nitrogens with zero attached hydrogens (tertiary/aromatic N) is 3. The molecule has 0 bridgehead atoms. The van der Waals surface area contributed by atoms with Gasteiger partial charge < -0.3 is 20.0 Å². The summed E-state index contributed by atoms with van der Waals surface area (Å²) in [7, 11) is 0. The summed E-state index contributed by atoms with van der Waals surface area (Å²) in [6.07, 6.45) is 2.27. The quantitative estimate of drug-likeness (QED) is 0.801. The number of urea groups is 1. The van der Waals surface area contributed by atoms with Gasteiger partial charge in [0.15, 0.2) is 0 Å². The van der Waals surface area contributed by atoms with Crippen LogP contribution in [0.25, 0.3) is 0 Å². The van der Waals surface area contributed by atoms with Gasteiger partial charge in [-0.1, -0.05) is 29.8 Å². The Balaban J connectivity index is 1.25. The molecule has 0 radical (unpaired) electrons. The highest BCUT2D eigenvalue weighted by Gasteiger charge is 2.35. The van der Waals surface area contributed by atoms with E-state index in [0.717, 1.165) is 58.7 Å². The van der Waals surface area contributed by atoms with Crippen molar-refractivity contribution in [1.82, 2.24) is 15.1 Å². The Morgan fingerprint density at radius 3 is 2.52 bits per heavy atom. The van der Waals surface area contributed by atoms with E-state index in [0.29, 0.717) is 12.0 Å². The van der Waals surface area contributed by atoms with Crippen LogP contribution in [0.4, 0.5) is 14.9 Å². The van der Waals surface area contributed by atoms with Crippen LogP contribution in [0, 0.1) is 12.7 Å². The van der Waals surface area contributed by atoms with E-state index in [2.05, 4.69) is 40.2 Å². The Hall–Kier alpha value is -2.60. The van der Waals surface area contributed by atoms with Crippen molar-refractivity contribution in [2.24, 2.45) is 0 Å². The lowest BCUT2D eigenvalue weighted by molar-refractivity contribution is 0.179.